The van der Waals surface area contributed by atoms with Gasteiger partial charge in [0.05, 0.1) is 5.48 Å². The van der Waals surface area contributed by atoms with Gasteiger partial charge in [-0.05, 0) is 0 Å². The predicted molar refractivity (Wildman–Crippen MR) is 81.2 cm³/mol. The number of ether oxygens (including phenoxy) is 6. The van der Waals surface area contributed by atoms with Gasteiger partial charge < -0.3 is 28.4 Å². The highest BCUT2D eigenvalue weighted by molar-refractivity contribution is 5.67. The quantitative estimate of drug-likeness (QED) is 0.377. The molecule has 0 fully saturated rings. The lowest BCUT2D eigenvalue weighted by Gasteiger charge is -2.34. The molecule has 0 spiro atoms. The highest BCUT2D eigenvalue weighted by Gasteiger charge is 2.38. The van der Waals surface area contributed by atoms with Gasteiger partial charge >= 0.3 is 17.9 Å². The van der Waals surface area contributed by atoms with E-state index in [-0.39, 0.29) is 0 Å². The van der Waals surface area contributed by atoms with Crippen molar-refractivity contribution in [3.63, 3.8) is 0 Å². The Labute approximate surface area is 147 Å². The summed E-state index contributed by atoms with van der Waals surface area (Å²) >= 11 is 0. The lowest BCUT2D eigenvalue weighted by Crippen LogP contribution is -2.52. The number of carbonyl (C=O) groups excluding carboxylic acids is 3. The van der Waals surface area contributed by atoms with Gasteiger partial charge in [0.25, 0.3) is 0 Å². The van der Waals surface area contributed by atoms with E-state index in [0.29, 0.717) is 0 Å². The molecule has 9 nitrogen and oxygen atoms in total. The molecule has 5 atom stereocenters. The van der Waals surface area contributed by atoms with Crippen LogP contribution in [0.2, 0.25) is 0 Å². The van der Waals surface area contributed by atoms with Crippen LogP contribution < -0.4 is 0 Å². The molecular weight excluding hydrogens is 324 g/mol. The topological polar surface area (TPSA) is 107 Å². The number of rotatable bonds is 11. The zero-order valence-electron chi connectivity index (χ0n) is 17.9. The summed E-state index contributed by atoms with van der Waals surface area (Å²) in [5, 5.41) is 0. The van der Waals surface area contributed by atoms with Crippen molar-refractivity contribution in [2.75, 3.05) is 34.4 Å². The van der Waals surface area contributed by atoms with Crippen molar-refractivity contribution in [1.29, 1.82) is 0 Å². The fraction of sp³-hybridized carbons (Fsp3) is 0.800. The maximum atomic E-state index is 11.5. The third kappa shape index (κ3) is 8.23. The van der Waals surface area contributed by atoms with Gasteiger partial charge in [0, 0.05) is 42.0 Å². The first-order valence-electron chi connectivity index (χ1n) is 9.50. The van der Waals surface area contributed by atoms with Gasteiger partial charge in [-0.25, -0.2) is 0 Å². The summed E-state index contributed by atoms with van der Waals surface area (Å²) in [6.07, 6.45) is -5.38. The molecule has 0 aromatic carbocycles. The van der Waals surface area contributed by atoms with E-state index in [1.807, 2.05) is 0 Å². The Balaban J connectivity index is 5.86. The molecular formula is C15H26O9. The Morgan fingerprint density at radius 2 is 1.38 bits per heavy atom. The molecule has 0 aromatic rings. The van der Waals surface area contributed by atoms with Crippen LogP contribution in [0, 0.1) is 0 Å². The molecule has 0 amide bonds. The lowest BCUT2D eigenvalue weighted by atomic mass is 10.0. The van der Waals surface area contributed by atoms with Gasteiger partial charge in [0.1, 0.15) is 31.5 Å². The fourth-order valence-electron chi connectivity index (χ4n) is 1.77. The predicted octanol–water partition coefficient (Wildman–Crippen LogP) is 0.0893. The van der Waals surface area contributed by atoms with Crippen LogP contribution in [0.3, 0.4) is 0 Å². The third-order valence-corrected chi connectivity index (χ3v) is 2.73. The average Bonchev–Trinajstić information content (AvgIpc) is 2.59. The lowest BCUT2D eigenvalue weighted by molar-refractivity contribution is -0.188. The second-order valence-corrected chi connectivity index (χ2v) is 4.59. The van der Waals surface area contributed by atoms with E-state index in [2.05, 4.69) is 0 Å². The summed E-state index contributed by atoms with van der Waals surface area (Å²) in [4.78, 5) is 33.8. The van der Waals surface area contributed by atoms with Crippen LogP contribution in [-0.2, 0) is 42.8 Å². The molecule has 0 aliphatic heterocycles. The summed E-state index contributed by atoms with van der Waals surface area (Å²) in [5.41, 5.74) is 0. The summed E-state index contributed by atoms with van der Waals surface area (Å²) in [6.45, 7) is 1.18. The minimum Gasteiger partial charge on any atom is -0.463 e. The van der Waals surface area contributed by atoms with E-state index in [1.165, 1.54) is 0 Å². The van der Waals surface area contributed by atoms with Gasteiger partial charge in [-0.2, -0.15) is 0 Å². The molecule has 0 bridgehead atoms. The molecule has 9 heteroatoms. The number of esters is 3. The van der Waals surface area contributed by atoms with Gasteiger partial charge in [0.2, 0.25) is 0 Å². The molecule has 0 saturated carbocycles. The molecule has 0 aliphatic carbocycles. The number of hydrogen-bond acceptors (Lipinski definition) is 9. The van der Waals surface area contributed by atoms with E-state index in [0.717, 1.165) is 20.8 Å². The maximum absolute atomic E-state index is 11.5. The number of carbonyl (C=O) groups is 3. The van der Waals surface area contributed by atoms with Crippen LogP contribution in [0.15, 0.2) is 0 Å². The van der Waals surface area contributed by atoms with Crippen LogP contribution in [0.5, 0.6) is 0 Å². The first kappa shape index (κ1) is 15.8. The minimum atomic E-state index is -1.66. The van der Waals surface area contributed by atoms with E-state index in [4.69, 9.17) is 33.9 Å². The highest BCUT2D eigenvalue weighted by atomic mass is 16.6. The smallest absolute Gasteiger partial charge is 0.303 e. The molecule has 0 rings (SSSR count). The standard InChI is InChI=1S/C15H26O9/c1-9(16)22-7-12(19-4)14(20-5)15(21-6)13(24-11(3)18)8-23-10(2)17/h12-15H,7-8H2,1-6H3/t12-,13+,14+,15+/m0/s1/i4D,5D,6D,7D/t7?,12-,13+,14+,15+. The molecule has 0 heterocycles. The highest BCUT2D eigenvalue weighted by Crippen LogP contribution is 2.18. The Morgan fingerprint density at radius 3 is 1.83 bits per heavy atom. The summed E-state index contributed by atoms with van der Waals surface area (Å²) in [7, 11) is -1.92. The van der Waals surface area contributed by atoms with Crippen molar-refractivity contribution in [3.8, 4) is 0 Å². The monoisotopic (exact) mass is 354 g/mol. The Bertz CT molecular complexity index is 494. The van der Waals surface area contributed by atoms with Gasteiger partial charge in [0.15, 0.2) is 6.10 Å². The van der Waals surface area contributed by atoms with Crippen molar-refractivity contribution in [2.24, 2.45) is 0 Å². The minimum absolute atomic E-state index is 0.457. The van der Waals surface area contributed by atoms with Crippen LogP contribution in [0.4, 0.5) is 0 Å². The summed E-state index contributed by atoms with van der Waals surface area (Å²) in [6, 6.07) is 0. The molecule has 0 radical (unpaired) electrons. The molecule has 0 saturated heterocycles. The molecule has 1 unspecified atom stereocenters. The zero-order valence-corrected chi connectivity index (χ0v) is 13.9. The van der Waals surface area contributed by atoms with Crippen LogP contribution in [-0.4, -0.2) is 76.8 Å². The van der Waals surface area contributed by atoms with Gasteiger partial charge in [-0.3, -0.25) is 14.4 Å². The normalized spacial score (nSPS) is 19.3. The van der Waals surface area contributed by atoms with Crippen molar-refractivity contribution in [1.82, 2.24) is 0 Å². The SMILES string of the molecule is [2H]CO[C@@H]([C@H](OC[2H])[C@@H](OC[2H])C([2H])OC(C)=O)[C@@H](COC(C)=O)OC(C)=O. The third-order valence-electron chi connectivity index (χ3n) is 2.73. The van der Waals surface area contributed by atoms with E-state index >= 15 is 0 Å². The summed E-state index contributed by atoms with van der Waals surface area (Å²) < 4.78 is 60.2. The summed E-state index contributed by atoms with van der Waals surface area (Å²) in [5.74, 6) is -2.21. The van der Waals surface area contributed by atoms with E-state index in [1.54, 1.807) is 0 Å². The van der Waals surface area contributed by atoms with E-state index < -0.39 is 76.8 Å². The molecule has 140 valence electrons. The fourth-order valence-corrected chi connectivity index (χ4v) is 1.77. The Hall–Kier alpha value is -1.71. The zero-order chi connectivity index (χ0) is 21.7. The van der Waals surface area contributed by atoms with Crippen molar-refractivity contribution >= 4 is 17.9 Å². The Morgan fingerprint density at radius 1 is 0.833 bits per heavy atom. The van der Waals surface area contributed by atoms with Gasteiger partial charge in [-0.15, -0.1) is 0 Å². The largest absolute Gasteiger partial charge is 0.463 e. The van der Waals surface area contributed by atoms with Crippen LogP contribution in [0.1, 0.15) is 26.3 Å². The molecule has 24 heavy (non-hydrogen) atoms. The second kappa shape index (κ2) is 11.8. The maximum Gasteiger partial charge on any atom is 0.303 e. The van der Waals surface area contributed by atoms with Crippen molar-refractivity contribution < 1.29 is 48.3 Å². The average molecular weight is 354 g/mol. The van der Waals surface area contributed by atoms with Crippen molar-refractivity contribution in [3.05, 3.63) is 0 Å². The van der Waals surface area contributed by atoms with Gasteiger partial charge in [-0.1, -0.05) is 0 Å². The molecule has 0 aromatic heterocycles. The number of hydrogen-bond donors (Lipinski definition) is 0. The van der Waals surface area contributed by atoms with Crippen molar-refractivity contribution in [2.45, 2.75) is 45.2 Å². The Kier molecular flexibility index (Phi) is 7.75. The second-order valence-electron chi connectivity index (χ2n) is 4.59. The first-order chi connectivity index (χ1) is 13.2. The van der Waals surface area contributed by atoms with E-state index in [9.17, 15) is 14.4 Å². The van der Waals surface area contributed by atoms with Crippen LogP contribution >= 0.6 is 0 Å². The first-order valence-corrected chi connectivity index (χ1v) is 6.80. The molecule has 0 aliphatic rings. The number of methoxy groups -OCH3 is 3. The van der Waals surface area contributed by atoms with Crippen LogP contribution in [0.25, 0.3) is 0 Å². The molecule has 0 N–H and O–H groups in total.